The van der Waals surface area contributed by atoms with Gasteiger partial charge in [0.15, 0.2) is 0 Å². The second-order valence-corrected chi connectivity index (χ2v) is 8.35. The van der Waals surface area contributed by atoms with Crippen LogP contribution in [-0.4, -0.2) is 58.9 Å². The summed E-state index contributed by atoms with van der Waals surface area (Å²) < 4.78 is 5.54. The summed E-state index contributed by atoms with van der Waals surface area (Å²) in [4.78, 5) is 26.8. The molecule has 9 nitrogen and oxygen atoms in total. The summed E-state index contributed by atoms with van der Waals surface area (Å²) >= 11 is 0. The molecule has 34 heavy (non-hydrogen) atoms. The Labute approximate surface area is 198 Å². The average Bonchev–Trinajstić information content (AvgIpc) is 2.81. The van der Waals surface area contributed by atoms with E-state index in [0.29, 0.717) is 36.8 Å². The predicted octanol–water partition coefficient (Wildman–Crippen LogP) is 3.20. The Morgan fingerprint density at radius 1 is 1.24 bits per heavy atom. The highest BCUT2D eigenvalue weighted by molar-refractivity contribution is 5.87. The Kier molecular flexibility index (Phi) is 7.22. The third-order valence-electron chi connectivity index (χ3n) is 5.88. The third kappa shape index (κ3) is 5.43. The fourth-order valence-corrected chi connectivity index (χ4v) is 4.19. The largest absolute Gasteiger partial charge is 0.478 e. The monoisotopic (exact) mass is 462 g/mol. The minimum atomic E-state index is -1.03. The highest BCUT2D eigenvalue weighted by Gasteiger charge is 2.18. The molecule has 3 aromatic rings. The lowest BCUT2D eigenvalue weighted by Crippen LogP contribution is -2.37. The van der Waals surface area contributed by atoms with Crippen molar-refractivity contribution in [1.82, 2.24) is 15.0 Å². The second kappa shape index (κ2) is 10.5. The van der Waals surface area contributed by atoms with Gasteiger partial charge in [0, 0.05) is 36.7 Å². The summed E-state index contributed by atoms with van der Waals surface area (Å²) in [5, 5.41) is 13.4. The molecule has 4 rings (SSSR count). The van der Waals surface area contributed by atoms with Crippen molar-refractivity contribution >= 4 is 40.5 Å². The summed E-state index contributed by atoms with van der Waals surface area (Å²) in [6.45, 7) is 7.57. The van der Waals surface area contributed by atoms with Crippen molar-refractivity contribution in [2.24, 2.45) is 0 Å². The third-order valence-corrected chi connectivity index (χ3v) is 5.88. The standard InChI is InChI=1S/C25H30N6O3/c1-16-5-3-6-18-15-19(24(29-22(16)18)31-11-13-34-14-12-31)7-4-10-27-23-20(8-9-21(32)33)17(2)28-25(26)30-23/h3,5-6,8-9,15H,4,7,10-14H2,1-2H3,(H,32,33)(H3,26,27,28,30)/b9-8+. The average molecular weight is 463 g/mol. The van der Waals surface area contributed by atoms with E-state index in [9.17, 15) is 4.79 Å². The highest BCUT2D eigenvalue weighted by atomic mass is 16.5. The van der Waals surface area contributed by atoms with Gasteiger partial charge >= 0.3 is 5.97 Å². The van der Waals surface area contributed by atoms with E-state index >= 15 is 0 Å². The summed E-state index contributed by atoms with van der Waals surface area (Å²) in [5.41, 5.74) is 10.5. The molecule has 0 radical (unpaired) electrons. The maximum Gasteiger partial charge on any atom is 0.328 e. The molecular formula is C25H30N6O3. The van der Waals surface area contributed by atoms with Gasteiger partial charge in [0.25, 0.3) is 0 Å². The number of rotatable bonds is 8. The lowest BCUT2D eigenvalue weighted by molar-refractivity contribution is -0.131. The van der Waals surface area contributed by atoms with Crippen LogP contribution in [0.2, 0.25) is 0 Å². The van der Waals surface area contributed by atoms with Crippen LogP contribution in [-0.2, 0) is 16.0 Å². The van der Waals surface area contributed by atoms with E-state index < -0.39 is 5.97 Å². The molecule has 1 aliphatic heterocycles. The van der Waals surface area contributed by atoms with Gasteiger partial charge < -0.3 is 25.8 Å². The van der Waals surface area contributed by atoms with Crippen molar-refractivity contribution < 1.29 is 14.6 Å². The molecule has 0 bridgehead atoms. The first-order valence-electron chi connectivity index (χ1n) is 11.4. The number of nitrogens with zero attached hydrogens (tertiary/aromatic N) is 4. The number of benzene rings is 1. The number of morpholine rings is 1. The zero-order chi connectivity index (χ0) is 24.1. The van der Waals surface area contributed by atoms with Crippen molar-refractivity contribution in [3.63, 3.8) is 0 Å². The summed E-state index contributed by atoms with van der Waals surface area (Å²) in [5.74, 6) is 0.675. The van der Waals surface area contributed by atoms with Crippen LogP contribution in [0.1, 0.15) is 28.8 Å². The molecule has 0 saturated carbocycles. The van der Waals surface area contributed by atoms with Crippen molar-refractivity contribution in [3.8, 4) is 0 Å². The number of hydrogen-bond donors (Lipinski definition) is 3. The van der Waals surface area contributed by atoms with Gasteiger partial charge in [0.1, 0.15) is 11.6 Å². The van der Waals surface area contributed by atoms with Gasteiger partial charge in [-0.1, -0.05) is 18.2 Å². The summed E-state index contributed by atoms with van der Waals surface area (Å²) in [6.07, 6.45) is 4.23. The molecule has 1 aliphatic rings. The number of aryl methyl sites for hydroxylation is 3. The lowest BCUT2D eigenvalue weighted by atomic mass is 10.0. The Morgan fingerprint density at radius 2 is 2.03 bits per heavy atom. The summed E-state index contributed by atoms with van der Waals surface area (Å²) in [7, 11) is 0. The summed E-state index contributed by atoms with van der Waals surface area (Å²) in [6, 6.07) is 8.50. The molecule has 1 saturated heterocycles. The minimum absolute atomic E-state index is 0.149. The van der Waals surface area contributed by atoms with Crippen molar-refractivity contribution in [1.29, 1.82) is 0 Å². The topological polar surface area (TPSA) is 126 Å². The number of ether oxygens (including phenoxy) is 1. The van der Waals surface area contributed by atoms with Gasteiger partial charge in [-0.25, -0.2) is 14.8 Å². The van der Waals surface area contributed by atoms with Gasteiger partial charge in [0.2, 0.25) is 5.95 Å². The van der Waals surface area contributed by atoms with Crippen LogP contribution in [0.4, 0.5) is 17.6 Å². The van der Waals surface area contributed by atoms with Crippen molar-refractivity contribution in [2.45, 2.75) is 26.7 Å². The van der Waals surface area contributed by atoms with E-state index in [1.807, 2.05) is 0 Å². The first-order chi connectivity index (χ1) is 16.4. The van der Waals surface area contributed by atoms with Gasteiger partial charge in [-0.3, -0.25) is 0 Å². The van der Waals surface area contributed by atoms with Gasteiger partial charge in [-0.15, -0.1) is 0 Å². The van der Waals surface area contributed by atoms with Gasteiger partial charge in [0.05, 0.1) is 24.4 Å². The van der Waals surface area contributed by atoms with Crippen LogP contribution in [0.25, 0.3) is 17.0 Å². The van der Waals surface area contributed by atoms with Crippen LogP contribution >= 0.6 is 0 Å². The van der Waals surface area contributed by atoms with Crippen LogP contribution < -0.4 is 16.0 Å². The molecular weight excluding hydrogens is 432 g/mol. The van der Waals surface area contributed by atoms with Gasteiger partial charge in [-0.2, -0.15) is 4.98 Å². The SMILES string of the molecule is Cc1nc(N)nc(NCCCc2cc3cccc(C)c3nc2N2CCOCC2)c1/C=C/C(=O)O. The normalized spacial score (nSPS) is 14.1. The number of nitrogens with one attached hydrogen (secondary N) is 1. The van der Waals surface area contributed by atoms with Crippen molar-refractivity contribution in [2.75, 3.05) is 48.8 Å². The van der Waals surface area contributed by atoms with Gasteiger partial charge in [-0.05, 0) is 50.0 Å². The zero-order valence-corrected chi connectivity index (χ0v) is 19.5. The Hall–Kier alpha value is -3.72. The number of carboxylic acid groups (broad SMARTS) is 1. The van der Waals surface area contributed by atoms with E-state index in [1.165, 1.54) is 17.2 Å². The number of hydrogen-bond acceptors (Lipinski definition) is 8. The number of anilines is 3. The van der Waals surface area contributed by atoms with Crippen LogP contribution in [0.3, 0.4) is 0 Å². The molecule has 0 amide bonds. The number of carbonyl (C=O) groups is 1. The number of nitrogens with two attached hydrogens (primary N) is 1. The van der Waals surface area contributed by atoms with E-state index in [-0.39, 0.29) is 5.95 Å². The lowest BCUT2D eigenvalue weighted by Gasteiger charge is -2.30. The first kappa shape index (κ1) is 23.4. The Balaban J connectivity index is 1.52. The quantitative estimate of drug-likeness (QED) is 0.342. The molecule has 3 heterocycles. The molecule has 2 aromatic heterocycles. The van der Waals surface area contributed by atoms with Crippen LogP contribution in [0, 0.1) is 13.8 Å². The maximum atomic E-state index is 11.0. The molecule has 0 spiro atoms. The Bertz CT molecular complexity index is 1220. The number of nitrogen functional groups attached to an aromatic ring is 1. The molecule has 0 aliphatic carbocycles. The molecule has 1 fully saturated rings. The number of carboxylic acids is 1. The number of fused-ring (bicyclic) bond motifs is 1. The molecule has 1 aromatic carbocycles. The number of pyridine rings is 1. The number of aromatic nitrogens is 3. The molecule has 178 valence electrons. The first-order valence-corrected chi connectivity index (χ1v) is 11.4. The van der Waals surface area contributed by atoms with E-state index in [1.54, 1.807) is 6.92 Å². The number of aliphatic carboxylic acids is 1. The number of para-hydroxylation sites is 1. The van der Waals surface area contributed by atoms with E-state index in [0.717, 1.165) is 48.7 Å². The molecule has 0 atom stereocenters. The molecule has 4 N–H and O–H groups in total. The second-order valence-electron chi connectivity index (χ2n) is 8.35. The zero-order valence-electron chi connectivity index (χ0n) is 19.5. The molecule has 0 unspecified atom stereocenters. The predicted molar refractivity (Wildman–Crippen MR) is 134 cm³/mol. The van der Waals surface area contributed by atoms with E-state index in [4.69, 9.17) is 20.6 Å². The van der Waals surface area contributed by atoms with Crippen LogP contribution in [0.15, 0.2) is 30.3 Å². The Morgan fingerprint density at radius 3 is 2.79 bits per heavy atom. The van der Waals surface area contributed by atoms with Crippen LogP contribution in [0.5, 0.6) is 0 Å². The van der Waals surface area contributed by atoms with Crippen molar-refractivity contribution in [3.05, 3.63) is 52.7 Å². The smallest absolute Gasteiger partial charge is 0.328 e. The fraction of sp³-hybridized carbons (Fsp3) is 0.360. The maximum absolute atomic E-state index is 11.0. The molecule has 9 heteroatoms. The minimum Gasteiger partial charge on any atom is -0.478 e. The van der Waals surface area contributed by atoms with E-state index in [2.05, 4.69) is 51.4 Å². The fourth-order valence-electron chi connectivity index (χ4n) is 4.19. The highest BCUT2D eigenvalue weighted by Crippen LogP contribution is 2.27.